The average Bonchev–Trinajstić information content (AvgIpc) is 2.73. The van der Waals surface area contributed by atoms with Crippen molar-refractivity contribution in [2.24, 2.45) is 0 Å². The Labute approximate surface area is 110 Å². The van der Waals surface area contributed by atoms with Crippen molar-refractivity contribution < 1.29 is 4.92 Å². The minimum atomic E-state index is -0.986. The van der Waals surface area contributed by atoms with Gasteiger partial charge in [-0.2, -0.15) is 0 Å². The number of thiazole rings is 1. The molecule has 2 heterocycles. The van der Waals surface area contributed by atoms with Crippen molar-refractivity contribution >= 4 is 17.0 Å². The number of rotatable bonds is 4. The van der Waals surface area contributed by atoms with E-state index in [1.807, 2.05) is 11.9 Å². The lowest BCUT2D eigenvalue weighted by Gasteiger charge is -2.03. The molecule has 0 atom stereocenters. The number of nitro groups is 1. The monoisotopic (exact) mass is 282 g/mol. The summed E-state index contributed by atoms with van der Waals surface area (Å²) in [5, 5.41) is 10.6. The summed E-state index contributed by atoms with van der Waals surface area (Å²) in [6, 6.07) is 0. The number of aromatic amines is 1. The van der Waals surface area contributed by atoms with Crippen LogP contribution in [0.4, 0.5) is 5.69 Å². The molecular formula is C10H10N4O4S. The van der Waals surface area contributed by atoms with E-state index in [0.29, 0.717) is 6.42 Å². The van der Waals surface area contributed by atoms with Crippen molar-refractivity contribution in [3.63, 3.8) is 0 Å². The molecule has 0 spiro atoms. The minimum Gasteiger partial charge on any atom is -0.293 e. The van der Waals surface area contributed by atoms with E-state index in [0.717, 1.165) is 21.3 Å². The fraction of sp³-hybridized carbons (Fsp3) is 0.300. The first-order chi connectivity index (χ1) is 8.99. The first-order valence-electron chi connectivity index (χ1n) is 5.36. The van der Waals surface area contributed by atoms with Crippen molar-refractivity contribution in [2.75, 3.05) is 0 Å². The van der Waals surface area contributed by atoms with Gasteiger partial charge in [-0.05, 0) is 6.92 Å². The van der Waals surface area contributed by atoms with Gasteiger partial charge in [0, 0.05) is 17.8 Å². The molecule has 0 radical (unpaired) electrons. The zero-order valence-electron chi connectivity index (χ0n) is 9.95. The second kappa shape index (κ2) is 5.14. The van der Waals surface area contributed by atoms with Crippen LogP contribution in [0.2, 0.25) is 0 Å². The van der Waals surface area contributed by atoms with E-state index in [-0.39, 0.29) is 6.54 Å². The Morgan fingerprint density at radius 1 is 1.53 bits per heavy atom. The van der Waals surface area contributed by atoms with Gasteiger partial charge in [-0.25, -0.2) is 9.78 Å². The number of nitrogens with zero attached hydrogens (tertiary/aromatic N) is 3. The highest BCUT2D eigenvalue weighted by molar-refractivity contribution is 7.09. The van der Waals surface area contributed by atoms with Crippen molar-refractivity contribution in [3.8, 4) is 0 Å². The molecule has 0 aromatic carbocycles. The molecule has 0 aliphatic carbocycles. The van der Waals surface area contributed by atoms with E-state index in [2.05, 4.69) is 4.98 Å². The highest BCUT2D eigenvalue weighted by Gasteiger charge is 2.15. The number of aryl methyl sites for hydroxylation is 3. The Morgan fingerprint density at radius 3 is 2.84 bits per heavy atom. The largest absolute Gasteiger partial charge is 0.350 e. The maximum absolute atomic E-state index is 11.5. The van der Waals surface area contributed by atoms with Gasteiger partial charge in [-0.15, -0.1) is 11.3 Å². The quantitative estimate of drug-likeness (QED) is 0.646. The molecular weight excluding hydrogens is 272 g/mol. The summed E-state index contributed by atoms with van der Waals surface area (Å²) in [5.41, 5.74) is 0.290. The highest BCUT2D eigenvalue weighted by atomic mass is 32.1. The first-order valence-corrected chi connectivity index (χ1v) is 6.24. The number of aromatic nitrogens is 3. The normalized spacial score (nSPS) is 10.6. The van der Waals surface area contributed by atoms with Gasteiger partial charge in [0.15, 0.2) is 0 Å². The predicted molar refractivity (Wildman–Crippen MR) is 68.5 cm³/mol. The lowest BCUT2D eigenvalue weighted by molar-refractivity contribution is -0.386. The van der Waals surface area contributed by atoms with E-state index >= 15 is 0 Å². The van der Waals surface area contributed by atoms with E-state index < -0.39 is 21.9 Å². The second-order valence-electron chi connectivity index (χ2n) is 3.84. The van der Waals surface area contributed by atoms with Gasteiger partial charge in [0.25, 0.3) is 0 Å². The number of H-pyrrole nitrogens is 1. The molecule has 19 heavy (non-hydrogen) atoms. The van der Waals surface area contributed by atoms with Crippen LogP contribution >= 0.6 is 11.3 Å². The molecule has 1 N–H and O–H groups in total. The Balaban J connectivity index is 2.28. The van der Waals surface area contributed by atoms with Crippen LogP contribution in [-0.4, -0.2) is 19.5 Å². The van der Waals surface area contributed by atoms with Gasteiger partial charge in [-0.3, -0.25) is 24.5 Å². The van der Waals surface area contributed by atoms with Gasteiger partial charge in [0.05, 0.1) is 22.3 Å². The van der Waals surface area contributed by atoms with Gasteiger partial charge < -0.3 is 0 Å². The average molecular weight is 282 g/mol. The Kier molecular flexibility index (Phi) is 3.56. The summed E-state index contributed by atoms with van der Waals surface area (Å²) >= 11 is 1.46. The molecule has 9 heteroatoms. The first kappa shape index (κ1) is 13.1. The molecule has 0 bridgehead atoms. The Hall–Kier alpha value is -2.29. The maximum Gasteiger partial charge on any atom is 0.350 e. The van der Waals surface area contributed by atoms with Gasteiger partial charge in [0.2, 0.25) is 0 Å². The van der Waals surface area contributed by atoms with Crippen LogP contribution in [0.5, 0.6) is 0 Å². The van der Waals surface area contributed by atoms with Crippen molar-refractivity contribution in [3.05, 3.63) is 53.2 Å². The Morgan fingerprint density at radius 2 is 2.26 bits per heavy atom. The zero-order chi connectivity index (χ0) is 14.0. The third-order valence-corrected chi connectivity index (χ3v) is 3.61. The van der Waals surface area contributed by atoms with Crippen LogP contribution in [0.15, 0.2) is 21.3 Å². The molecule has 0 amide bonds. The summed E-state index contributed by atoms with van der Waals surface area (Å²) in [4.78, 5) is 39.6. The summed E-state index contributed by atoms with van der Waals surface area (Å²) in [7, 11) is 0. The topological polar surface area (TPSA) is 111 Å². The summed E-state index contributed by atoms with van der Waals surface area (Å²) in [5.74, 6) is 0. The lowest BCUT2D eigenvalue weighted by atomic mass is 10.3. The molecule has 2 aromatic rings. The highest BCUT2D eigenvalue weighted by Crippen LogP contribution is 2.13. The molecule has 2 aromatic heterocycles. The van der Waals surface area contributed by atoms with Crippen molar-refractivity contribution in [1.82, 2.24) is 14.5 Å². The molecule has 0 unspecified atom stereocenters. The molecule has 0 aliphatic heterocycles. The maximum atomic E-state index is 11.5. The van der Waals surface area contributed by atoms with Crippen LogP contribution in [0.3, 0.4) is 0 Å². The van der Waals surface area contributed by atoms with Crippen LogP contribution in [-0.2, 0) is 13.0 Å². The van der Waals surface area contributed by atoms with E-state index in [1.54, 1.807) is 5.51 Å². The number of nitrogens with one attached hydrogen (secondary N) is 1. The predicted octanol–water partition coefficient (Wildman–Crippen LogP) is 0.452. The van der Waals surface area contributed by atoms with Crippen LogP contribution < -0.4 is 11.2 Å². The van der Waals surface area contributed by atoms with Crippen LogP contribution in [0.25, 0.3) is 0 Å². The van der Waals surface area contributed by atoms with Crippen molar-refractivity contribution in [2.45, 2.75) is 19.9 Å². The van der Waals surface area contributed by atoms with E-state index in [1.165, 1.54) is 11.3 Å². The van der Waals surface area contributed by atoms with E-state index in [9.17, 15) is 19.7 Å². The summed E-state index contributed by atoms with van der Waals surface area (Å²) in [6.45, 7) is 2.10. The SMILES string of the molecule is Cc1ncsc1CCn1cc([N+](=O)[O-])c(=O)[nH]c1=O. The van der Waals surface area contributed by atoms with Crippen LogP contribution in [0, 0.1) is 17.0 Å². The molecule has 8 nitrogen and oxygen atoms in total. The minimum absolute atomic E-state index is 0.249. The fourth-order valence-electron chi connectivity index (χ4n) is 1.58. The molecule has 0 saturated carbocycles. The molecule has 2 rings (SSSR count). The smallest absolute Gasteiger partial charge is 0.293 e. The lowest BCUT2D eigenvalue weighted by Crippen LogP contribution is -2.31. The molecule has 0 fully saturated rings. The number of hydrogen-bond acceptors (Lipinski definition) is 6. The fourth-order valence-corrected chi connectivity index (χ4v) is 2.35. The van der Waals surface area contributed by atoms with Crippen molar-refractivity contribution in [1.29, 1.82) is 0 Å². The summed E-state index contributed by atoms with van der Waals surface area (Å²) < 4.78 is 1.12. The van der Waals surface area contributed by atoms with E-state index in [4.69, 9.17) is 0 Å². The van der Waals surface area contributed by atoms with Crippen LogP contribution in [0.1, 0.15) is 10.6 Å². The molecule has 0 aliphatic rings. The summed E-state index contributed by atoms with van der Waals surface area (Å²) in [6.07, 6.45) is 1.50. The number of hydrogen-bond donors (Lipinski definition) is 1. The molecule has 100 valence electrons. The molecule has 0 saturated heterocycles. The van der Waals surface area contributed by atoms with Gasteiger partial charge in [0.1, 0.15) is 0 Å². The van der Waals surface area contributed by atoms with Gasteiger partial charge in [-0.1, -0.05) is 0 Å². The third-order valence-electron chi connectivity index (χ3n) is 2.61. The zero-order valence-corrected chi connectivity index (χ0v) is 10.8. The second-order valence-corrected chi connectivity index (χ2v) is 4.77. The Bertz CT molecular complexity index is 730. The van der Waals surface area contributed by atoms with Gasteiger partial charge >= 0.3 is 16.9 Å². The standard InChI is InChI=1S/C10H10N4O4S/c1-6-8(19-5-11-6)2-3-13-4-7(14(17)18)9(15)12-10(13)16/h4-5H,2-3H2,1H3,(H,12,15,16). The third kappa shape index (κ3) is 2.76.